The van der Waals surface area contributed by atoms with Crippen molar-refractivity contribution in [2.75, 3.05) is 19.5 Å². The largest absolute Gasteiger partial charge is 0.490 e. The molecule has 1 amide bonds. The van der Waals surface area contributed by atoms with E-state index in [0.29, 0.717) is 35.4 Å². The van der Waals surface area contributed by atoms with Crippen molar-refractivity contribution in [3.63, 3.8) is 0 Å². The Bertz CT molecular complexity index is 907. The monoisotopic (exact) mass is 401 g/mol. The van der Waals surface area contributed by atoms with Crippen LogP contribution < -0.4 is 15.8 Å². The highest BCUT2D eigenvalue weighted by atomic mass is 16.5. The molecule has 1 saturated carbocycles. The van der Waals surface area contributed by atoms with Crippen LogP contribution in [0, 0.1) is 6.92 Å². The number of pyridine rings is 1. The number of hydrogen-bond donors (Lipinski definition) is 3. The molecule has 0 saturated heterocycles. The zero-order valence-electron chi connectivity index (χ0n) is 16.7. The number of carbonyl (C=O) groups is 2. The second-order valence-electron chi connectivity index (χ2n) is 7.34. The molecule has 29 heavy (non-hydrogen) atoms. The fourth-order valence-corrected chi connectivity index (χ4v) is 3.81. The van der Waals surface area contributed by atoms with Gasteiger partial charge in [0.05, 0.1) is 35.0 Å². The van der Waals surface area contributed by atoms with Crippen LogP contribution in [0.3, 0.4) is 0 Å². The Labute approximate surface area is 169 Å². The molecule has 0 atom stereocenters. The van der Waals surface area contributed by atoms with E-state index in [1.165, 1.54) is 0 Å². The van der Waals surface area contributed by atoms with Gasteiger partial charge in [-0.25, -0.2) is 4.79 Å². The lowest BCUT2D eigenvalue weighted by atomic mass is 9.92. The molecule has 1 aliphatic rings. The Balaban J connectivity index is 1.71. The van der Waals surface area contributed by atoms with Gasteiger partial charge in [-0.05, 0) is 44.7 Å². The first kappa shape index (κ1) is 20.9. The molecule has 0 unspecified atom stereocenters. The fraction of sp³-hybridized carbons (Fsp3) is 0.476. The quantitative estimate of drug-likeness (QED) is 0.651. The topological polar surface area (TPSA) is 124 Å². The molecule has 0 bridgehead atoms. The molecule has 1 heterocycles. The number of benzene rings is 1. The number of aryl methyl sites for hydroxylation is 1. The number of nitrogen functional groups attached to an aromatic ring is 1. The maximum Gasteiger partial charge on any atom is 0.339 e. The summed E-state index contributed by atoms with van der Waals surface area (Å²) in [6, 6.07) is 5.55. The first-order valence-corrected chi connectivity index (χ1v) is 9.77. The Morgan fingerprint density at radius 3 is 2.66 bits per heavy atom. The molecule has 3 rings (SSSR count). The maximum atomic E-state index is 11.8. The summed E-state index contributed by atoms with van der Waals surface area (Å²) in [7, 11) is 1.58. The molecule has 2 aromatic rings. The highest BCUT2D eigenvalue weighted by Gasteiger charge is 2.25. The van der Waals surface area contributed by atoms with Gasteiger partial charge in [0.1, 0.15) is 11.3 Å². The highest BCUT2D eigenvalue weighted by molar-refractivity contribution is 6.06. The van der Waals surface area contributed by atoms with Crippen molar-refractivity contribution in [3.05, 3.63) is 29.5 Å². The van der Waals surface area contributed by atoms with Crippen molar-refractivity contribution in [3.8, 4) is 5.75 Å². The Hall–Kier alpha value is -2.87. The number of methoxy groups -OCH3 is 1. The minimum Gasteiger partial charge on any atom is -0.490 e. The lowest BCUT2D eigenvalue weighted by molar-refractivity contribution is -0.123. The van der Waals surface area contributed by atoms with Gasteiger partial charge in [0.25, 0.3) is 0 Å². The maximum absolute atomic E-state index is 11.8. The van der Waals surface area contributed by atoms with Crippen LogP contribution in [-0.2, 0) is 9.53 Å². The van der Waals surface area contributed by atoms with Gasteiger partial charge in [-0.3, -0.25) is 9.78 Å². The van der Waals surface area contributed by atoms with Crippen molar-refractivity contribution < 1.29 is 24.2 Å². The van der Waals surface area contributed by atoms with E-state index in [2.05, 4.69) is 10.3 Å². The molecule has 4 N–H and O–H groups in total. The average Bonchev–Trinajstić information content (AvgIpc) is 2.67. The molecule has 8 nitrogen and oxygen atoms in total. The van der Waals surface area contributed by atoms with E-state index >= 15 is 0 Å². The Kier molecular flexibility index (Phi) is 6.53. The summed E-state index contributed by atoms with van der Waals surface area (Å²) < 4.78 is 11.1. The number of hydrogen-bond acceptors (Lipinski definition) is 6. The fourth-order valence-electron chi connectivity index (χ4n) is 3.81. The minimum atomic E-state index is -1.10. The molecular formula is C21H27N3O5. The Morgan fingerprint density at radius 1 is 1.28 bits per heavy atom. The van der Waals surface area contributed by atoms with Crippen LogP contribution >= 0.6 is 0 Å². The van der Waals surface area contributed by atoms with Gasteiger partial charge in [-0.1, -0.05) is 6.07 Å². The zero-order chi connectivity index (χ0) is 21.0. The van der Waals surface area contributed by atoms with Crippen molar-refractivity contribution in [1.29, 1.82) is 0 Å². The van der Waals surface area contributed by atoms with Gasteiger partial charge in [0, 0.05) is 19.6 Å². The average molecular weight is 401 g/mol. The second-order valence-corrected chi connectivity index (χ2v) is 7.34. The summed E-state index contributed by atoms with van der Waals surface area (Å²) in [4.78, 5) is 27.8. The third-order valence-electron chi connectivity index (χ3n) is 5.27. The lowest BCUT2D eigenvalue weighted by Crippen LogP contribution is -2.40. The van der Waals surface area contributed by atoms with Gasteiger partial charge < -0.3 is 25.6 Å². The SMILES string of the molecule is COCCC(=O)N[C@H]1CC[C@H](Oc2cccc3nc(C)c(C(=O)O)c(N)c23)CC1. The second kappa shape index (κ2) is 9.09. The van der Waals surface area contributed by atoms with E-state index in [1.54, 1.807) is 26.2 Å². The number of nitrogens with zero attached hydrogens (tertiary/aromatic N) is 1. The normalized spacial score (nSPS) is 19.1. The molecular weight excluding hydrogens is 374 g/mol. The first-order chi connectivity index (χ1) is 13.9. The number of ether oxygens (including phenoxy) is 2. The van der Waals surface area contributed by atoms with E-state index in [9.17, 15) is 14.7 Å². The van der Waals surface area contributed by atoms with Gasteiger partial charge in [-0.15, -0.1) is 0 Å². The zero-order valence-corrected chi connectivity index (χ0v) is 16.7. The van der Waals surface area contributed by atoms with Crippen LogP contribution in [0.5, 0.6) is 5.75 Å². The van der Waals surface area contributed by atoms with Crippen LogP contribution in [0.25, 0.3) is 10.9 Å². The molecule has 1 aliphatic carbocycles. The summed E-state index contributed by atoms with van der Waals surface area (Å²) in [5.74, 6) is -0.558. The van der Waals surface area contributed by atoms with Crippen molar-refractivity contribution >= 4 is 28.5 Å². The summed E-state index contributed by atoms with van der Waals surface area (Å²) in [6.45, 7) is 2.05. The van der Waals surface area contributed by atoms with Crippen LogP contribution in [0.2, 0.25) is 0 Å². The van der Waals surface area contributed by atoms with E-state index < -0.39 is 5.97 Å². The van der Waals surface area contributed by atoms with Gasteiger partial charge >= 0.3 is 5.97 Å². The number of anilines is 1. The number of carboxylic acid groups (broad SMARTS) is 1. The van der Waals surface area contributed by atoms with Crippen molar-refractivity contribution in [2.24, 2.45) is 0 Å². The van der Waals surface area contributed by atoms with Gasteiger partial charge in [0.2, 0.25) is 5.91 Å². The van der Waals surface area contributed by atoms with E-state index in [4.69, 9.17) is 15.2 Å². The third kappa shape index (κ3) is 4.76. The van der Waals surface area contributed by atoms with Crippen molar-refractivity contribution in [1.82, 2.24) is 10.3 Å². The molecule has 156 valence electrons. The molecule has 0 radical (unpaired) electrons. The molecule has 0 spiro atoms. The number of fused-ring (bicyclic) bond motifs is 1. The van der Waals surface area contributed by atoms with E-state index in [-0.39, 0.29) is 29.3 Å². The number of aromatic carboxylic acids is 1. The first-order valence-electron chi connectivity index (χ1n) is 9.77. The molecule has 1 aromatic carbocycles. The minimum absolute atomic E-state index is 0.000639. The molecule has 8 heteroatoms. The highest BCUT2D eigenvalue weighted by Crippen LogP contribution is 2.35. The van der Waals surface area contributed by atoms with Crippen LogP contribution in [0.4, 0.5) is 5.69 Å². The summed E-state index contributed by atoms with van der Waals surface area (Å²) >= 11 is 0. The third-order valence-corrected chi connectivity index (χ3v) is 5.27. The van der Waals surface area contributed by atoms with Gasteiger partial charge in [-0.2, -0.15) is 0 Å². The molecule has 1 fully saturated rings. The van der Waals surface area contributed by atoms with Crippen molar-refractivity contribution in [2.45, 2.75) is 51.2 Å². The number of carboxylic acids is 1. The number of rotatable bonds is 7. The predicted octanol–water partition coefficient (Wildman–Crippen LogP) is 2.67. The number of nitrogens with one attached hydrogen (secondary N) is 1. The smallest absolute Gasteiger partial charge is 0.339 e. The molecule has 0 aliphatic heterocycles. The van der Waals surface area contributed by atoms with Crippen LogP contribution in [0.1, 0.15) is 48.2 Å². The Morgan fingerprint density at radius 2 is 2.00 bits per heavy atom. The van der Waals surface area contributed by atoms with Crippen LogP contribution in [-0.4, -0.2) is 47.8 Å². The number of amides is 1. The number of carbonyl (C=O) groups excluding carboxylic acids is 1. The predicted molar refractivity (Wildman–Crippen MR) is 109 cm³/mol. The van der Waals surface area contributed by atoms with E-state index in [0.717, 1.165) is 25.7 Å². The van der Waals surface area contributed by atoms with E-state index in [1.807, 2.05) is 6.07 Å². The summed E-state index contributed by atoms with van der Waals surface area (Å²) in [5.41, 5.74) is 7.36. The lowest BCUT2D eigenvalue weighted by Gasteiger charge is -2.30. The summed E-state index contributed by atoms with van der Waals surface area (Å²) in [5, 5.41) is 13.0. The standard InChI is InChI=1S/C21H27N3O5/c1-12-18(21(26)27)20(22)19-15(23-12)4-3-5-16(19)29-14-8-6-13(7-9-14)24-17(25)10-11-28-2/h3-5,13-14H,6-11H2,1-2H3,(H2,22,23)(H,24,25)(H,26,27)/t13-,14-. The number of nitrogens with two attached hydrogens (primary N) is 1. The van der Waals surface area contributed by atoms with Crippen LogP contribution in [0.15, 0.2) is 18.2 Å². The van der Waals surface area contributed by atoms with Gasteiger partial charge in [0.15, 0.2) is 0 Å². The molecule has 1 aromatic heterocycles. The number of aromatic nitrogens is 1. The summed E-state index contributed by atoms with van der Waals surface area (Å²) in [6.07, 6.45) is 3.55.